The normalized spacial score (nSPS) is 14.8. The summed E-state index contributed by atoms with van der Waals surface area (Å²) < 4.78 is 6.66. The topological polar surface area (TPSA) is 46.6 Å². The van der Waals surface area contributed by atoms with E-state index in [1.54, 1.807) is 6.08 Å². The summed E-state index contributed by atoms with van der Waals surface area (Å²) in [5.41, 5.74) is 2.74. The molecule has 0 bridgehead atoms. The van der Waals surface area contributed by atoms with Crippen molar-refractivity contribution in [2.45, 2.75) is 13.2 Å². The van der Waals surface area contributed by atoms with E-state index in [4.69, 9.17) is 16.3 Å². The van der Waals surface area contributed by atoms with Crippen molar-refractivity contribution in [1.29, 1.82) is 0 Å². The first-order valence-electron chi connectivity index (χ1n) is 10.9. The van der Waals surface area contributed by atoms with Gasteiger partial charge in [-0.2, -0.15) is 0 Å². The van der Waals surface area contributed by atoms with Crippen molar-refractivity contribution in [3.63, 3.8) is 0 Å². The van der Waals surface area contributed by atoms with Crippen molar-refractivity contribution < 1.29 is 14.3 Å². The Bertz CT molecular complexity index is 1460. The van der Waals surface area contributed by atoms with Crippen LogP contribution in [-0.4, -0.2) is 16.0 Å². The van der Waals surface area contributed by atoms with Gasteiger partial charge in [0, 0.05) is 5.02 Å². The second kappa shape index (κ2) is 10.3. The Morgan fingerprint density at radius 2 is 1.71 bits per heavy atom. The third-order valence-electron chi connectivity index (χ3n) is 5.64. The van der Waals surface area contributed by atoms with Gasteiger partial charge in [0.15, 0.2) is 0 Å². The Morgan fingerprint density at radius 1 is 0.943 bits per heavy atom. The molecule has 1 aliphatic heterocycles. The average molecular weight is 565 g/mol. The number of hydrogen-bond donors (Lipinski definition) is 0. The van der Waals surface area contributed by atoms with Crippen LogP contribution in [-0.2, 0) is 17.9 Å². The van der Waals surface area contributed by atoms with Crippen LogP contribution in [0, 0.1) is 0 Å². The molecule has 174 valence electrons. The van der Waals surface area contributed by atoms with Crippen LogP contribution in [0.15, 0.2) is 94.3 Å². The first-order valence-corrected chi connectivity index (χ1v) is 12.9. The molecule has 0 radical (unpaired) electrons. The van der Waals surface area contributed by atoms with E-state index >= 15 is 0 Å². The molecule has 0 unspecified atom stereocenters. The molecule has 2 amide bonds. The van der Waals surface area contributed by atoms with Gasteiger partial charge in [-0.15, -0.1) is 0 Å². The van der Waals surface area contributed by atoms with Gasteiger partial charge in [-0.1, -0.05) is 72.3 Å². The number of benzene rings is 4. The van der Waals surface area contributed by atoms with Crippen LogP contribution < -0.4 is 4.74 Å². The first-order chi connectivity index (χ1) is 17.0. The van der Waals surface area contributed by atoms with E-state index in [9.17, 15) is 9.59 Å². The number of carbonyl (C=O) groups excluding carboxylic acids is 2. The zero-order chi connectivity index (χ0) is 24.4. The van der Waals surface area contributed by atoms with Crippen molar-refractivity contribution in [3.05, 3.63) is 116 Å². The van der Waals surface area contributed by atoms with Crippen LogP contribution in [0.1, 0.15) is 16.7 Å². The van der Waals surface area contributed by atoms with Gasteiger partial charge in [-0.3, -0.25) is 14.5 Å². The minimum Gasteiger partial charge on any atom is -0.488 e. The maximum atomic E-state index is 13.1. The van der Waals surface area contributed by atoms with E-state index in [-0.39, 0.29) is 17.7 Å². The minimum atomic E-state index is -0.285. The standard InChI is InChI=1S/C28H19BrClNO3S/c29-24-14-19(10-13-25(24)34-17-18-8-11-22(30)12-9-18)15-26-27(32)31(28(33)35-26)16-21-6-3-5-20-4-1-2-7-23(20)21/h1-15H,16-17H2/b26-15+. The smallest absolute Gasteiger partial charge is 0.293 e. The molecular formula is C28H19BrClNO3S. The molecule has 5 rings (SSSR count). The molecule has 0 atom stereocenters. The average Bonchev–Trinajstić information content (AvgIpc) is 3.12. The van der Waals surface area contributed by atoms with Crippen LogP contribution in [0.25, 0.3) is 16.8 Å². The van der Waals surface area contributed by atoms with Crippen LogP contribution in [0.4, 0.5) is 4.79 Å². The number of amides is 2. The zero-order valence-electron chi connectivity index (χ0n) is 18.4. The summed E-state index contributed by atoms with van der Waals surface area (Å²) in [6.45, 7) is 0.646. The van der Waals surface area contributed by atoms with Gasteiger partial charge in [-0.05, 0) is 85.5 Å². The summed E-state index contributed by atoms with van der Waals surface area (Å²) in [6, 6.07) is 26.9. The lowest BCUT2D eigenvalue weighted by Gasteiger charge is -2.14. The summed E-state index contributed by atoms with van der Waals surface area (Å²) >= 11 is 10.4. The lowest BCUT2D eigenvalue weighted by Crippen LogP contribution is -2.27. The maximum Gasteiger partial charge on any atom is 0.293 e. The molecule has 1 fully saturated rings. The van der Waals surface area contributed by atoms with E-state index in [2.05, 4.69) is 15.9 Å². The molecule has 4 nitrogen and oxygen atoms in total. The second-order valence-electron chi connectivity index (χ2n) is 8.01. The number of nitrogens with zero attached hydrogens (tertiary/aromatic N) is 1. The number of halogens is 2. The van der Waals surface area contributed by atoms with E-state index in [1.807, 2.05) is 84.9 Å². The van der Waals surface area contributed by atoms with Crippen LogP contribution in [0.2, 0.25) is 5.02 Å². The van der Waals surface area contributed by atoms with Gasteiger partial charge >= 0.3 is 0 Å². The number of thioether (sulfide) groups is 1. The fourth-order valence-corrected chi connectivity index (χ4v) is 5.33. The highest BCUT2D eigenvalue weighted by molar-refractivity contribution is 9.10. The number of carbonyl (C=O) groups is 2. The van der Waals surface area contributed by atoms with Gasteiger partial charge < -0.3 is 4.74 Å². The SMILES string of the molecule is O=C1S/C(=C/c2ccc(OCc3ccc(Cl)cc3)c(Br)c2)C(=O)N1Cc1cccc2ccccc12. The van der Waals surface area contributed by atoms with E-state index in [1.165, 1.54) is 4.90 Å². The molecule has 1 heterocycles. The molecule has 1 saturated heterocycles. The Hall–Kier alpha value is -3.06. The molecule has 0 spiro atoms. The van der Waals surface area contributed by atoms with Crippen molar-refractivity contribution in [2.75, 3.05) is 0 Å². The fraction of sp³-hybridized carbons (Fsp3) is 0.0714. The molecule has 1 aliphatic rings. The van der Waals surface area contributed by atoms with E-state index < -0.39 is 0 Å². The Kier molecular flexibility index (Phi) is 6.95. The zero-order valence-corrected chi connectivity index (χ0v) is 21.6. The molecule has 0 N–H and O–H groups in total. The molecule has 35 heavy (non-hydrogen) atoms. The van der Waals surface area contributed by atoms with Crippen molar-refractivity contribution in [3.8, 4) is 5.75 Å². The van der Waals surface area contributed by atoms with Crippen LogP contribution in [0.3, 0.4) is 0 Å². The fourth-order valence-electron chi connectivity index (χ4n) is 3.85. The molecule has 4 aromatic carbocycles. The van der Waals surface area contributed by atoms with Gasteiger partial charge in [0.25, 0.3) is 11.1 Å². The van der Waals surface area contributed by atoms with E-state index in [0.717, 1.165) is 43.7 Å². The molecule has 0 aliphatic carbocycles. The molecule has 0 aromatic heterocycles. The van der Waals surface area contributed by atoms with Crippen molar-refractivity contribution in [2.24, 2.45) is 0 Å². The number of hydrogen-bond acceptors (Lipinski definition) is 4. The maximum absolute atomic E-state index is 13.1. The predicted octanol–water partition coefficient (Wildman–Crippen LogP) is 8.07. The summed E-state index contributed by atoms with van der Waals surface area (Å²) in [4.78, 5) is 27.4. The highest BCUT2D eigenvalue weighted by Crippen LogP contribution is 2.35. The van der Waals surface area contributed by atoms with E-state index in [0.29, 0.717) is 22.3 Å². The van der Waals surface area contributed by atoms with Gasteiger partial charge in [0.2, 0.25) is 0 Å². The van der Waals surface area contributed by atoms with Gasteiger partial charge in [0.05, 0.1) is 15.9 Å². The lowest BCUT2D eigenvalue weighted by atomic mass is 10.0. The number of imide groups is 1. The lowest BCUT2D eigenvalue weighted by molar-refractivity contribution is -0.123. The van der Waals surface area contributed by atoms with Gasteiger partial charge in [-0.25, -0.2) is 0 Å². The van der Waals surface area contributed by atoms with Gasteiger partial charge in [0.1, 0.15) is 12.4 Å². The van der Waals surface area contributed by atoms with Crippen molar-refractivity contribution in [1.82, 2.24) is 4.90 Å². The first kappa shape index (κ1) is 23.7. The van der Waals surface area contributed by atoms with Crippen LogP contribution >= 0.6 is 39.3 Å². The number of rotatable bonds is 6. The minimum absolute atomic E-state index is 0.241. The molecule has 0 saturated carbocycles. The third kappa shape index (κ3) is 5.30. The molecule has 7 heteroatoms. The summed E-state index contributed by atoms with van der Waals surface area (Å²) in [5, 5.41) is 2.53. The largest absolute Gasteiger partial charge is 0.488 e. The highest BCUT2D eigenvalue weighted by Gasteiger charge is 2.35. The third-order valence-corrected chi connectivity index (χ3v) is 7.42. The monoisotopic (exact) mass is 563 g/mol. The molecule has 4 aromatic rings. The Morgan fingerprint density at radius 3 is 2.51 bits per heavy atom. The Balaban J connectivity index is 1.30. The predicted molar refractivity (Wildman–Crippen MR) is 145 cm³/mol. The highest BCUT2D eigenvalue weighted by atomic mass is 79.9. The quantitative estimate of drug-likeness (QED) is 0.222. The Labute approximate surface area is 220 Å². The van der Waals surface area contributed by atoms with Crippen molar-refractivity contribution >= 4 is 67.3 Å². The van der Waals surface area contributed by atoms with Crippen LogP contribution in [0.5, 0.6) is 5.75 Å². The summed E-state index contributed by atoms with van der Waals surface area (Å²) in [5.74, 6) is 0.397. The summed E-state index contributed by atoms with van der Waals surface area (Å²) in [7, 11) is 0. The molecular weight excluding hydrogens is 546 g/mol. The summed E-state index contributed by atoms with van der Waals surface area (Å²) in [6.07, 6.45) is 1.74. The second-order valence-corrected chi connectivity index (χ2v) is 10.3. The number of fused-ring (bicyclic) bond motifs is 1. The number of ether oxygens (including phenoxy) is 1.